The SMILES string of the molecule is CC1CCCCN1Cc1ccc(CNC(=O)c2ccc(N)cc2)cc1. The van der Waals surface area contributed by atoms with Gasteiger partial charge in [0, 0.05) is 30.4 Å². The summed E-state index contributed by atoms with van der Waals surface area (Å²) in [4.78, 5) is 14.7. The van der Waals surface area contributed by atoms with Crippen molar-refractivity contribution in [3.63, 3.8) is 0 Å². The Morgan fingerprint density at radius 2 is 1.76 bits per heavy atom. The number of nitrogen functional groups attached to an aromatic ring is 1. The van der Waals surface area contributed by atoms with Crippen LogP contribution in [0.25, 0.3) is 0 Å². The molecule has 1 heterocycles. The van der Waals surface area contributed by atoms with E-state index >= 15 is 0 Å². The van der Waals surface area contributed by atoms with E-state index in [0.717, 1.165) is 12.1 Å². The van der Waals surface area contributed by atoms with Crippen LogP contribution in [0.5, 0.6) is 0 Å². The van der Waals surface area contributed by atoms with Gasteiger partial charge in [0.2, 0.25) is 0 Å². The molecule has 4 heteroatoms. The Morgan fingerprint density at radius 1 is 1.08 bits per heavy atom. The van der Waals surface area contributed by atoms with Gasteiger partial charge in [-0.3, -0.25) is 9.69 Å². The number of hydrogen-bond acceptors (Lipinski definition) is 3. The summed E-state index contributed by atoms with van der Waals surface area (Å²) in [6, 6.07) is 16.2. The first kappa shape index (κ1) is 17.5. The molecule has 1 saturated heterocycles. The second-order valence-electron chi connectivity index (χ2n) is 6.94. The first-order chi connectivity index (χ1) is 12.1. The molecule has 0 radical (unpaired) electrons. The van der Waals surface area contributed by atoms with Gasteiger partial charge in [0.1, 0.15) is 0 Å². The van der Waals surface area contributed by atoms with Crippen molar-refractivity contribution >= 4 is 11.6 Å². The van der Waals surface area contributed by atoms with Crippen LogP contribution in [-0.2, 0) is 13.1 Å². The molecule has 0 aromatic heterocycles. The number of hydrogen-bond donors (Lipinski definition) is 2. The minimum atomic E-state index is -0.0776. The average Bonchev–Trinajstić information content (AvgIpc) is 2.63. The third-order valence-corrected chi connectivity index (χ3v) is 4.98. The Labute approximate surface area is 150 Å². The van der Waals surface area contributed by atoms with Gasteiger partial charge in [-0.15, -0.1) is 0 Å². The van der Waals surface area contributed by atoms with Crippen molar-refractivity contribution in [2.75, 3.05) is 12.3 Å². The lowest BCUT2D eigenvalue weighted by atomic mass is 10.0. The molecule has 1 unspecified atom stereocenters. The van der Waals surface area contributed by atoms with Crippen LogP contribution in [0.15, 0.2) is 48.5 Å². The average molecular weight is 337 g/mol. The highest BCUT2D eigenvalue weighted by molar-refractivity contribution is 5.94. The van der Waals surface area contributed by atoms with Gasteiger partial charge in [-0.1, -0.05) is 30.7 Å². The van der Waals surface area contributed by atoms with Crippen LogP contribution in [0.3, 0.4) is 0 Å². The zero-order valence-corrected chi connectivity index (χ0v) is 14.9. The van der Waals surface area contributed by atoms with E-state index in [4.69, 9.17) is 5.73 Å². The zero-order chi connectivity index (χ0) is 17.6. The predicted octanol–water partition coefficient (Wildman–Crippen LogP) is 3.57. The van der Waals surface area contributed by atoms with Gasteiger partial charge < -0.3 is 11.1 Å². The summed E-state index contributed by atoms with van der Waals surface area (Å²) in [5.74, 6) is -0.0776. The maximum absolute atomic E-state index is 12.1. The van der Waals surface area contributed by atoms with Crippen LogP contribution >= 0.6 is 0 Å². The maximum atomic E-state index is 12.1. The molecule has 1 atom stereocenters. The van der Waals surface area contributed by atoms with E-state index in [-0.39, 0.29) is 5.91 Å². The zero-order valence-electron chi connectivity index (χ0n) is 14.9. The molecule has 1 amide bonds. The van der Waals surface area contributed by atoms with Crippen LogP contribution in [-0.4, -0.2) is 23.4 Å². The van der Waals surface area contributed by atoms with E-state index in [9.17, 15) is 4.79 Å². The molecule has 3 N–H and O–H groups in total. The molecule has 132 valence electrons. The standard InChI is InChI=1S/C21H27N3O/c1-16-4-2-3-13-24(16)15-18-7-5-17(6-8-18)14-23-21(25)19-9-11-20(22)12-10-19/h5-12,16H,2-4,13-15,22H2,1H3,(H,23,25). The summed E-state index contributed by atoms with van der Waals surface area (Å²) < 4.78 is 0. The summed E-state index contributed by atoms with van der Waals surface area (Å²) in [6.45, 7) is 5.06. The quantitative estimate of drug-likeness (QED) is 0.820. The number of piperidine rings is 1. The molecule has 1 aliphatic rings. The van der Waals surface area contributed by atoms with Gasteiger partial charge in [-0.25, -0.2) is 0 Å². The Hall–Kier alpha value is -2.33. The van der Waals surface area contributed by atoms with Gasteiger partial charge >= 0.3 is 0 Å². The van der Waals surface area contributed by atoms with Crippen LogP contribution in [0, 0.1) is 0 Å². The number of nitrogens with two attached hydrogens (primary N) is 1. The molecule has 1 fully saturated rings. The molecular formula is C21H27N3O. The first-order valence-electron chi connectivity index (χ1n) is 9.07. The number of rotatable bonds is 5. The second-order valence-corrected chi connectivity index (χ2v) is 6.94. The smallest absolute Gasteiger partial charge is 0.251 e. The van der Waals surface area contributed by atoms with E-state index in [1.807, 2.05) is 0 Å². The van der Waals surface area contributed by atoms with Crippen molar-refractivity contribution in [1.82, 2.24) is 10.2 Å². The van der Waals surface area contributed by atoms with Crippen molar-refractivity contribution < 1.29 is 4.79 Å². The van der Waals surface area contributed by atoms with E-state index < -0.39 is 0 Å². The second kappa shape index (κ2) is 8.17. The number of amides is 1. The summed E-state index contributed by atoms with van der Waals surface area (Å²) in [5, 5.41) is 2.95. The molecule has 0 aliphatic carbocycles. The summed E-state index contributed by atoms with van der Waals surface area (Å²) >= 11 is 0. The van der Waals surface area contributed by atoms with Crippen molar-refractivity contribution in [3.8, 4) is 0 Å². The molecule has 2 aromatic rings. The molecule has 0 spiro atoms. The largest absolute Gasteiger partial charge is 0.399 e. The molecule has 4 nitrogen and oxygen atoms in total. The van der Waals surface area contributed by atoms with Crippen molar-refractivity contribution in [3.05, 3.63) is 65.2 Å². The molecule has 1 aliphatic heterocycles. The number of carbonyl (C=O) groups excluding carboxylic acids is 1. The molecule has 0 bridgehead atoms. The third kappa shape index (κ3) is 4.83. The molecule has 0 saturated carbocycles. The van der Waals surface area contributed by atoms with Crippen LogP contribution < -0.4 is 11.1 Å². The monoisotopic (exact) mass is 337 g/mol. The van der Waals surface area contributed by atoms with Gasteiger partial charge in [0.25, 0.3) is 5.91 Å². The molecule has 25 heavy (non-hydrogen) atoms. The lowest BCUT2D eigenvalue weighted by molar-refractivity contribution is 0.0951. The van der Waals surface area contributed by atoms with Gasteiger partial charge in [0.15, 0.2) is 0 Å². The van der Waals surface area contributed by atoms with Crippen molar-refractivity contribution in [2.45, 2.75) is 45.3 Å². The molecule has 2 aromatic carbocycles. The number of nitrogens with zero attached hydrogens (tertiary/aromatic N) is 1. The fourth-order valence-corrected chi connectivity index (χ4v) is 3.31. The fraction of sp³-hybridized carbons (Fsp3) is 0.381. The fourth-order valence-electron chi connectivity index (χ4n) is 3.31. The lowest BCUT2D eigenvalue weighted by Crippen LogP contribution is -2.36. The Balaban J connectivity index is 1.52. The number of anilines is 1. The Bertz CT molecular complexity index is 694. The first-order valence-corrected chi connectivity index (χ1v) is 9.07. The van der Waals surface area contributed by atoms with Crippen LogP contribution in [0.4, 0.5) is 5.69 Å². The summed E-state index contributed by atoms with van der Waals surface area (Å²) in [7, 11) is 0. The lowest BCUT2D eigenvalue weighted by Gasteiger charge is -2.33. The number of carbonyl (C=O) groups is 1. The minimum absolute atomic E-state index is 0.0776. The molecule has 3 rings (SSSR count). The number of benzene rings is 2. The van der Waals surface area contributed by atoms with Crippen molar-refractivity contribution in [1.29, 1.82) is 0 Å². The topological polar surface area (TPSA) is 58.4 Å². The Kier molecular flexibility index (Phi) is 5.71. The highest BCUT2D eigenvalue weighted by atomic mass is 16.1. The van der Waals surface area contributed by atoms with E-state index in [1.54, 1.807) is 24.3 Å². The normalized spacial score (nSPS) is 18.0. The minimum Gasteiger partial charge on any atom is -0.399 e. The third-order valence-electron chi connectivity index (χ3n) is 4.98. The van der Waals surface area contributed by atoms with Gasteiger partial charge in [0.05, 0.1) is 0 Å². The van der Waals surface area contributed by atoms with Gasteiger partial charge in [-0.2, -0.15) is 0 Å². The van der Waals surface area contributed by atoms with Crippen LogP contribution in [0.2, 0.25) is 0 Å². The summed E-state index contributed by atoms with van der Waals surface area (Å²) in [5.41, 5.74) is 9.38. The van der Waals surface area contributed by atoms with E-state index in [0.29, 0.717) is 23.8 Å². The highest BCUT2D eigenvalue weighted by Gasteiger charge is 2.17. The predicted molar refractivity (Wildman–Crippen MR) is 102 cm³/mol. The molecular weight excluding hydrogens is 310 g/mol. The highest BCUT2D eigenvalue weighted by Crippen LogP contribution is 2.19. The Morgan fingerprint density at radius 3 is 2.44 bits per heavy atom. The van der Waals surface area contributed by atoms with E-state index in [1.165, 1.54) is 31.4 Å². The summed E-state index contributed by atoms with van der Waals surface area (Å²) in [6.07, 6.45) is 3.96. The number of likely N-dealkylation sites (tertiary alicyclic amines) is 1. The maximum Gasteiger partial charge on any atom is 0.251 e. The van der Waals surface area contributed by atoms with Gasteiger partial charge in [-0.05, 0) is 61.7 Å². The van der Waals surface area contributed by atoms with Crippen molar-refractivity contribution in [2.24, 2.45) is 0 Å². The number of nitrogens with one attached hydrogen (secondary N) is 1. The van der Waals surface area contributed by atoms with E-state index in [2.05, 4.69) is 41.4 Å². The van der Waals surface area contributed by atoms with Crippen LogP contribution in [0.1, 0.15) is 47.7 Å².